The molecule has 0 saturated heterocycles. The average Bonchev–Trinajstić information content (AvgIpc) is 2.33. The normalized spacial score (nSPS) is 11.9. The zero-order valence-electron chi connectivity index (χ0n) is 11.1. The van der Waals surface area contributed by atoms with E-state index in [2.05, 4.69) is 5.32 Å². The third-order valence-corrected chi connectivity index (χ3v) is 3.45. The van der Waals surface area contributed by atoms with Crippen molar-refractivity contribution in [2.45, 2.75) is 38.4 Å². The van der Waals surface area contributed by atoms with E-state index >= 15 is 0 Å². The second-order valence-electron chi connectivity index (χ2n) is 3.89. The molecule has 0 fully saturated rings. The molecule has 0 aliphatic carbocycles. The molecule has 18 heavy (non-hydrogen) atoms. The van der Waals surface area contributed by atoms with Gasteiger partial charge in [-0.3, -0.25) is 9.59 Å². The predicted molar refractivity (Wildman–Crippen MR) is 72.5 cm³/mol. The zero-order valence-corrected chi connectivity index (χ0v) is 11.9. The van der Waals surface area contributed by atoms with E-state index in [0.717, 1.165) is 0 Å². The maximum Gasteiger partial charge on any atom is 0.305 e. The minimum atomic E-state index is -0.224. The molecule has 0 aromatic carbocycles. The van der Waals surface area contributed by atoms with Crippen LogP contribution in [0, 0.1) is 0 Å². The molecule has 0 aromatic heterocycles. The van der Waals surface area contributed by atoms with Crippen molar-refractivity contribution >= 4 is 23.6 Å². The molecule has 0 rings (SSSR count). The van der Waals surface area contributed by atoms with Crippen molar-refractivity contribution in [1.82, 2.24) is 5.32 Å². The monoisotopic (exact) mass is 277 g/mol. The van der Waals surface area contributed by atoms with Gasteiger partial charge in [0, 0.05) is 24.8 Å². The van der Waals surface area contributed by atoms with Gasteiger partial charge in [0.25, 0.3) is 0 Å². The third kappa shape index (κ3) is 10.4. The van der Waals surface area contributed by atoms with Crippen molar-refractivity contribution in [2.24, 2.45) is 0 Å². The summed E-state index contributed by atoms with van der Waals surface area (Å²) in [6, 6.07) is 0. The average molecular weight is 277 g/mol. The number of hydrogen-bond acceptors (Lipinski definition) is 5. The molecule has 0 aromatic rings. The van der Waals surface area contributed by atoms with Gasteiger partial charge in [-0.05, 0) is 19.8 Å². The van der Waals surface area contributed by atoms with E-state index in [9.17, 15) is 9.59 Å². The fourth-order valence-electron chi connectivity index (χ4n) is 1.23. The van der Waals surface area contributed by atoms with Gasteiger partial charge in [0.05, 0.1) is 12.4 Å². The number of aliphatic hydroxyl groups excluding tert-OH is 1. The molecule has 0 bridgehead atoms. The predicted octanol–water partition coefficient (Wildman–Crippen LogP) is 0.950. The number of nitrogens with one attached hydrogen (secondary N) is 1. The zero-order chi connectivity index (χ0) is 13.8. The maximum atomic E-state index is 11.4. The van der Waals surface area contributed by atoms with Crippen molar-refractivity contribution in [2.75, 3.05) is 25.5 Å². The minimum absolute atomic E-state index is 0.0337. The van der Waals surface area contributed by atoms with Gasteiger partial charge in [0.15, 0.2) is 0 Å². The Morgan fingerprint density at radius 1 is 1.44 bits per heavy atom. The number of amides is 1. The molecule has 1 amide bonds. The molecule has 106 valence electrons. The molecule has 0 aliphatic heterocycles. The van der Waals surface area contributed by atoms with Gasteiger partial charge in [-0.2, -0.15) is 0 Å². The quantitative estimate of drug-likeness (QED) is 0.459. The third-order valence-electron chi connectivity index (χ3n) is 2.22. The van der Waals surface area contributed by atoms with E-state index in [-0.39, 0.29) is 23.7 Å². The van der Waals surface area contributed by atoms with Crippen molar-refractivity contribution in [3.05, 3.63) is 0 Å². The number of aliphatic hydroxyl groups is 1. The van der Waals surface area contributed by atoms with Crippen LogP contribution in [0.15, 0.2) is 0 Å². The number of rotatable bonds is 10. The first-order valence-corrected chi connectivity index (χ1v) is 7.29. The van der Waals surface area contributed by atoms with Crippen LogP contribution in [0.3, 0.4) is 0 Å². The smallest absolute Gasteiger partial charge is 0.305 e. The summed E-state index contributed by atoms with van der Waals surface area (Å²) in [5.41, 5.74) is 0. The van der Waals surface area contributed by atoms with Crippen LogP contribution < -0.4 is 5.32 Å². The Bertz CT molecular complexity index is 248. The molecule has 0 radical (unpaired) electrons. The van der Waals surface area contributed by atoms with Crippen LogP contribution >= 0.6 is 11.8 Å². The highest BCUT2D eigenvalue weighted by atomic mass is 32.2. The van der Waals surface area contributed by atoms with E-state index in [0.29, 0.717) is 38.2 Å². The van der Waals surface area contributed by atoms with Crippen molar-refractivity contribution in [3.63, 3.8) is 0 Å². The number of carbonyl (C=O) groups is 2. The van der Waals surface area contributed by atoms with Crippen LogP contribution in [0.2, 0.25) is 0 Å². The molecule has 2 N–H and O–H groups in total. The molecule has 0 spiro atoms. The van der Waals surface area contributed by atoms with Gasteiger partial charge in [-0.1, -0.05) is 6.92 Å². The Balaban J connectivity index is 3.45. The molecule has 0 aliphatic rings. The molecule has 1 unspecified atom stereocenters. The fraction of sp³-hybridized carbons (Fsp3) is 0.833. The Labute approximate surface area is 113 Å². The largest absolute Gasteiger partial charge is 0.466 e. The molecule has 1 atom stereocenters. The van der Waals surface area contributed by atoms with E-state index in [1.54, 1.807) is 6.92 Å². The number of hydrogen-bond donors (Lipinski definition) is 2. The van der Waals surface area contributed by atoms with Gasteiger partial charge in [0.2, 0.25) is 5.91 Å². The SMILES string of the molecule is CCOC(=O)CCCNC(=O)CSC(C)CCO. The molecule has 0 saturated carbocycles. The van der Waals surface area contributed by atoms with Crippen LogP contribution in [-0.2, 0) is 14.3 Å². The van der Waals surface area contributed by atoms with Gasteiger partial charge in [-0.25, -0.2) is 0 Å². The summed E-state index contributed by atoms with van der Waals surface area (Å²) >= 11 is 1.52. The molecule has 5 nitrogen and oxygen atoms in total. The van der Waals surface area contributed by atoms with Crippen molar-refractivity contribution < 1.29 is 19.4 Å². The van der Waals surface area contributed by atoms with Gasteiger partial charge in [-0.15, -0.1) is 11.8 Å². The van der Waals surface area contributed by atoms with Crippen molar-refractivity contribution in [3.8, 4) is 0 Å². The van der Waals surface area contributed by atoms with Gasteiger partial charge < -0.3 is 15.2 Å². The van der Waals surface area contributed by atoms with Crippen molar-refractivity contribution in [1.29, 1.82) is 0 Å². The molecule has 0 heterocycles. The first-order valence-electron chi connectivity index (χ1n) is 6.25. The lowest BCUT2D eigenvalue weighted by Crippen LogP contribution is -2.27. The first-order chi connectivity index (χ1) is 8.60. The van der Waals surface area contributed by atoms with Crippen LogP contribution in [-0.4, -0.2) is 47.7 Å². The summed E-state index contributed by atoms with van der Waals surface area (Å²) in [5.74, 6) is 0.131. The lowest BCUT2D eigenvalue weighted by atomic mass is 10.3. The van der Waals surface area contributed by atoms with E-state index in [1.807, 2.05) is 6.92 Å². The minimum Gasteiger partial charge on any atom is -0.466 e. The summed E-state index contributed by atoms with van der Waals surface area (Å²) in [4.78, 5) is 22.4. The summed E-state index contributed by atoms with van der Waals surface area (Å²) < 4.78 is 4.78. The molecular weight excluding hydrogens is 254 g/mol. The standard InChI is InChI=1S/C12H23NO4S/c1-3-17-12(16)5-4-7-13-11(15)9-18-10(2)6-8-14/h10,14H,3-9H2,1-2H3,(H,13,15). The maximum absolute atomic E-state index is 11.4. The van der Waals surface area contributed by atoms with E-state index < -0.39 is 0 Å². The van der Waals surface area contributed by atoms with Crippen LogP contribution in [0.1, 0.15) is 33.1 Å². The topological polar surface area (TPSA) is 75.6 Å². The Morgan fingerprint density at radius 3 is 2.78 bits per heavy atom. The van der Waals surface area contributed by atoms with Gasteiger partial charge in [0.1, 0.15) is 0 Å². The summed E-state index contributed by atoms with van der Waals surface area (Å²) in [7, 11) is 0. The summed E-state index contributed by atoms with van der Waals surface area (Å²) in [5, 5.41) is 11.7. The number of carbonyl (C=O) groups excluding carboxylic acids is 2. The lowest BCUT2D eigenvalue weighted by Gasteiger charge is -2.09. The highest BCUT2D eigenvalue weighted by molar-refractivity contribution is 8.00. The number of ether oxygens (including phenoxy) is 1. The highest BCUT2D eigenvalue weighted by Gasteiger charge is 2.07. The number of thioether (sulfide) groups is 1. The van der Waals surface area contributed by atoms with Gasteiger partial charge >= 0.3 is 5.97 Å². The van der Waals surface area contributed by atoms with Crippen LogP contribution in [0.4, 0.5) is 0 Å². The van der Waals surface area contributed by atoms with Crippen LogP contribution in [0.25, 0.3) is 0 Å². The second-order valence-corrected chi connectivity index (χ2v) is 5.32. The Hall–Kier alpha value is -0.750. The lowest BCUT2D eigenvalue weighted by molar-refractivity contribution is -0.143. The number of esters is 1. The second kappa shape index (κ2) is 11.3. The summed E-state index contributed by atoms with van der Waals surface area (Å²) in [6.07, 6.45) is 1.63. The van der Waals surface area contributed by atoms with Crippen LogP contribution in [0.5, 0.6) is 0 Å². The van der Waals surface area contributed by atoms with E-state index in [1.165, 1.54) is 11.8 Å². The molecular formula is C12H23NO4S. The Kier molecular flexibility index (Phi) is 10.9. The summed E-state index contributed by atoms with van der Waals surface area (Å²) in [6.45, 7) is 4.78. The van der Waals surface area contributed by atoms with E-state index in [4.69, 9.17) is 9.84 Å². The highest BCUT2D eigenvalue weighted by Crippen LogP contribution is 2.12. The fourth-order valence-corrected chi connectivity index (χ4v) is 2.04. The molecule has 6 heteroatoms. The Morgan fingerprint density at radius 2 is 2.17 bits per heavy atom. The first kappa shape index (κ1) is 17.2.